The standard InChI is InChI=1S/C27H28BrNO/c1-27(22-7-9-23(28)10-8-22)26-14-13-25(30-2)18-21(26)15-16-29(27)24-11-5-20(6-12-24)17-19-3-4-19/h5-14,18-19H,3-4,15-17H2,1-2H3. The van der Waals surface area contributed by atoms with Gasteiger partial charge < -0.3 is 9.64 Å². The van der Waals surface area contributed by atoms with Crippen molar-refractivity contribution in [3.8, 4) is 5.75 Å². The molecule has 2 nitrogen and oxygen atoms in total. The molecule has 1 unspecified atom stereocenters. The molecule has 1 aliphatic carbocycles. The van der Waals surface area contributed by atoms with Gasteiger partial charge in [0.25, 0.3) is 0 Å². The van der Waals surface area contributed by atoms with Crippen molar-refractivity contribution in [3.63, 3.8) is 0 Å². The van der Waals surface area contributed by atoms with E-state index in [1.807, 2.05) is 0 Å². The van der Waals surface area contributed by atoms with Crippen molar-refractivity contribution >= 4 is 21.6 Å². The maximum Gasteiger partial charge on any atom is 0.119 e. The number of benzene rings is 3. The summed E-state index contributed by atoms with van der Waals surface area (Å²) in [5, 5.41) is 0. The van der Waals surface area contributed by atoms with Crippen LogP contribution in [0.2, 0.25) is 0 Å². The zero-order valence-corrected chi connectivity index (χ0v) is 19.3. The molecule has 1 saturated carbocycles. The highest BCUT2D eigenvalue weighted by Crippen LogP contribution is 2.44. The second-order valence-corrected chi connectivity index (χ2v) is 9.73. The summed E-state index contributed by atoms with van der Waals surface area (Å²) in [4.78, 5) is 2.58. The largest absolute Gasteiger partial charge is 0.497 e. The Kier molecular flexibility index (Phi) is 5.10. The summed E-state index contributed by atoms with van der Waals surface area (Å²) in [6.07, 6.45) is 5.04. The van der Waals surface area contributed by atoms with Gasteiger partial charge in [-0.05, 0) is 97.2 Å². The van der Waals surface area contributed by atoms with Crippen molar-refractivity contribution < 1.29 is 4.74 Å². The highest BCUT2D eigenvalue weighted by Gasteiger charge is 2.40. The quantitative estimate of drug-likeness (QED) is 0.417. The molecule has 1 heterocycles. The van der Waals surface area contributed by atoms with Crippen LogP contribution in [-0.2, 0) is 18.4 Å². The van der Waals surface area contributed by atoms with E-state index in [4.69, 9.17) is 4.74 Å². The van der Waals surface area contributed by atoms with Crippen molar-refractivity contribution in [3.05, 3.63) is 93.5 Å². The first kappa shape index (κ1) is 19.7. The third-order valence-corrected chi connectivity index (χ3v) is 7.39. The Bertz CT molecular complexity index is 1040. The third-order valence-electron chi connectivity index (χ3n) is 6.86. The van der Waals surface area contributed by atoms with E-state index in [9.17, 15) is 0 Å². The van der Waals surface area contributed by atoms with Gasteiger partial charge >= 0.3 is 0 Å². The van der Waals surface area contributed by atoms with E-state index in [2.05, 4.69) is 94.5 Å². The predicted octanol–water partition coefficient (Wildman–Crippen LogP) is 6.74. The summed E-state index contributed by atoms with van der Waals surface area (Å²) in [5.41, 5.74) is 6.56. The number of ether oxygens (including phenoxy) is 1. The Labute approximate surface area is 188 Å². The molecule has 3 aromatic carbocycles. The SMILES string of the molecule is COc1ccc2c(c1)CCN(c1ccc(CC3CC3)cc1)C2(C)c1ccc(Br)cc1. The fourth-order valence-electron chi connectivity index (χ4n) is 4.92. The molecule has 1 atom stereocenters. The maximum absolute atomic E-state index is 5.51. The van der Waals surface area contributed by atoms with Gasteiger partial charge in [-0.3, -0.25) is 0 Å². The molecule has 154 valence electrons. The molecule has 0 bridgehead atoms. The van der Waals surface area contributed by atoms with Crippen molar-refractivity contribution in [2.75, 3.05) is 18.6 Å². The highest BCUT2D eigenvalue weighted by atomic mass is 79.9. The molecule has 3 aromatic rings. The first-order valence-corrected chi connectivity index (χ1v) is 11.7. The number of methoxy groups -OCH3 is 1. The molecular formula is C27H28BrNO. The van der Waals surface area contributed by atoms with Gasteiger partial charge in [0.2, 0.25) is 0 Å². The van der Waals surface area contributed by atoms with Crippen LogP contribution in [0.5, 0.6) is 5.75 Å². The normalized spacial score (nSPS) is 20.7. The number of halogens is 1. The van der Waals surface area contributed by atoms with Gasteiger partial charge in [-0.25, -0.2) is 0 Å². The number of anilines is 1. The summed E-state index contributed by atoms with van der Waals surface area (Å²) in [7, 11) is 1.74. The molecule has 5 rings (SSSR count). The summed E-state index contributed by atoms with van der Waals surface area (Å²) >= 11 is 3.60. The van der Waals surface area contributed by atoms with Crippen LogP contribution in [0, 0.1) is 5.92 Å². The van der Waals surface area contributed by atoms with Crippen molar-refractivity contribution in [2.45, 2.75) is 38.1 Å². The minimum absolute atomic E-state index is 0.238. The minimum Gasteiger partial charge on any atom is -0.497 e. The van der Waals surface area contributed by atoms with Gasteiger partial charge in [-0.15, -0.1) is 0 Å². The van der Waals surface area contributed by atoms with Crippen LogP contribution in [0.1, 0.15) is 42.0 Å². The summed E-state index contributed by atoms with van der Waals surface area (Å²) in [6, 6.07) is 24.7. The molecule has 0 spiro atoms. The zero-order chi connectivity index (χ0) is 20.7. The number of rotatable bonds is 5. The van der Waals surface area contributed by atoms with Crippen LogP contribution < -0.4 is 9.64 Å². The van der Waals surface area contributed by atoms with Crippen LogP contribution in [0.25, 0.3) is 0 Å². The van der Waals surface area contributed by atoms with Gasteiger partial charge in [-0.1, -0.05) is 46.3 Å². The lowest BCUT2D eigenvalue weighted by Crippen LogP contribution is -2.49. The first-order valence-electron chi connectivity index (χ1n) is 10.9. The number of nitrogens with zero attached hydrogens (tertiary/aromatic N) is 1. The predicted molar refractivity (Wildman–Crippen MR) is 128 cm³/mol. The first-order chi connectivity index (χ1) is 14.6. The fraction of sp³-hybridized carbons (Fsp3) is 0.333. The van der Waals surface area contributed by atoms with Crippen LogP contribution in [0.4, 0.5) is 5.69 Å². The van der Waals surface area contributed by atoms with Gasteiger partial charge in [-0.2, -0.15) is 0 Å². The monoisotopic (exact) mass is 461 g/mol. The number of hydrogen-bond donors (Lipinski definition) is 0. The highest BCUT2D eigenvalue weighted by molar-refractivity contribution is 9.10. The fourth-order valence-corrected chi connectivity index (χ4v) is 5.18. The average molecular weight is 462 g/mol. The van der Waals surface area contributed by atoms with Gasteiger partial charge in [0.05, 0.1) is 12.6 Å². The lowest BCUT2D eigenvalue weighted by atomic mass is 9.76. The van der Waals surface area contributed by atoms with E-state index < -0.39 is 0 Å². The molecule has 0 amide bonds. The van der Waals surface area contributed by atoms with Crippen LogP contribution in [0.3, 0.4) is 0 Å². The lowest BCUT2D eigenvalue weighted by molar-refractivity contribution is 0.411. The smallest absolute Gasteiger partial charge is 0.119 e. The number of fused-ring (bicyclic) bond motifs is 1. The van der Waals surface area contributed by atoms with Crippen molar-refractivity contribution in [2.24, 2.45) is 5.92 Å². The minimum atomic E-state index is -0.238. The Morgan fingerprint density at radius 3 is 2.40 bits per heavy atom. The summed E-state index contributed by atoms with van der Waals surface area (Å²) in [6.45, 7) is 3.34. The molecule has 2 aliphatic rings. The molecule has 0 saturated heterocycles. The van der Waals surface area contributed by atoms with Gasteiger partial charge in [0, 0.05) is 16.7 Å². The Hall–Kier alpha value is -2.26. The molecule has 30 heavy (non-hydrogen) atoms. The molecule has 3 heteroatoms. The molecule has 1 aliphatic heterocycles. The second-order valence-electron chi connectivity index (χ2n) is 8.82. The topological polar surface area (TPSA) is 12.5 Å². The van der Waals surface area contributed by atoms with Crippen LogP contribution in [-0.4, -0.2) is 13.7 Å². The lowest BCUT2D eigenvalue weighted by Gasteiger charge is -2.48. The number of hydrogen-bond acceptors (Lipinski definition) is 2. The zero-order valence-electron chi connectivity index (χ0n) is 17.7. The summed E-state index contributed by atoms with van der Waals surface area (Å²) < 4.78 is 6.62. The maximum atomic E-state index is 5.51. The summed E-state index contributed by atoms with van der Waals surface area (Å²) in [5.74, 6) is 1.85. The van der Waals surface area contributed by atoms with Gasteiger partial charge in [0.1, 0.15) is 5.75 Å². The molecule has 0 radical (unpaired) electrons. The molecule has 0 N–H and O–H groups in total. The van der Waals surface area contributed by atoms with Crippen LogP contribution in [0.15, 0.2) is 71.2 Å². The van der Waals surface area contributed by atoms with Crippen LogP contribution >= 0.6 is 15.9 Å². The van der Waals surface area contributed by atoms with Gasteiger partial charge in [0.15, 0.2) is 0 Å². The van der Waals surface area contributed by atoms with E-state index in [1.54, 1.807) is 7.11 Å². The molecule has 1 fully saturated rings. The average Bonchev–Trinajstić information content (AvgIpc) is 3.59. The Morgan fingerprint density at radius 1 is 1.00 bits per heavy atom. The van der Waals surface area contributed by atoms with Crippen molar-refractivity contribution in [1.82, 2.24) is 0 Å². The van der Waals surface area contributed by atoms with E-state index in [0.717, 1.165) is 29.1 Å². The van der Waals surface area contributed by atoms with E-state index in [-0.39, 0.29) is 5.54 Å². The van der Waals surface area contributed by atoms with E-state index in [1.165, 1.54) is 47.2 Å². The van der Waals surface area contributed by atoms with Crippen molar-refractivity contribution in [1.29, 1.82) is 0 Å². The molecule has 0 aromatic heterocycles. The van der Waals surface area contributed by atoms with E-state index in [0.29, 0.717) is 0 Å². The van der Waals surface area contributed by atoms with E-state index >= 15 is 0 Å². The third kappa shape index (κ3) is 3.54. The Morgan fingerprint density at radius 2 is 1.73 bits per heavy atom. The second kappa shape index (κ2) is 7.77. The molecular weight excluding hydrogens is 434 g/mol. The Balaban J connectivity index is 1.59.